The largest absolute Gasteiger partial charge is 0.327 e. The molecule has 1 rings (SSSR count). The Hall–Kier alpha value is -0.890. The van der Waals surface area contributed by atoms with Crippen molar-refractivity contribution in [2.24, 2.45) is 11.1 Å². The van der Waals surface area contributed by atoms with Crippen LogP contribution in [0.25, 0.3) is 0 Å². The second-order valence-electron chi connectivity index (χ2n) is 5.09. The maximum atomic E-state index is 6.06. The lowest BCUT2D eigenvalue weighted by Gasteiger charge is -2.22. The molecule has 0 radical (unpaired) electrons. The van der Waals surface area contributed by atoms with Crippen LogP contribution in [0, 0.1) is 5.41 Å². The molecule has 0 saturated heterocycles. The normalized spacial score (nSPS) is 14.0. The smallest absolute Gasteiger partial charge is 0.0300 e. The van der Waals surface area contributed by atoms with Gasteiger partial charge in [-0.1, -0.05) is 26.8 Å². The molecule has 0 aliphatic heterocycles. The van der Waals surface area contributed by atoms with Crippen LogP contribution in [0.4, 0.5) is 0 Å². The molecule has 1 atom stereocenters. The quantitative estimate of drug-likeness (QED) is 0.798. The number of pyridine rings is 1. The van der Waals surface area contributed by atoms with Crippen LogP contribution in [0.1, 0.15) is 32.8 Å². The van der Waals surface area contributed by atoms with Gasteiger partial charge in [-0.05, 0) is 29.9 Å². The van der Waals surface area contributed by atoms with Gasteiger partial charge in [-0.3, -0.25) is 4.98 Å². The van der Waals surface area contributed by atoms with Gasteiger partial charge in [-0.2, -0.15) is 0 Å². The molecule has 0 spiro atoms. The molecule has 0 aromatic carbocycles. The Morgan fingerprint density at radius 2 is 2.14 bits per heavy atom. The third-order valence-electron chi connectivity index (χ3n) is 2.10. The van der Waals surface area contributed by atoms with Gasteiger partial charge >= 0.3 is 0 Å². The van der Waals surface area contributed by atoms with Gasteiger partial charge in [0.25, 0.3) is 0 Å². The predicted octanol–water partition coefficient (Wildman–Crippen LogP) is 2.39. The van der Waals surface area contributed by atoms with Crippen LogP contribution < -0.4 is 5.73 Å². The number of rotatable bonds is 3. The number of hydrogen-bond donors (Lipinski definition) is 1. The van der Waals surface area contributed by atoms with Crippen molar-refractivity contribution < 1.29 is 0 Å². The molecule has 1 aromatic rings. The minimum absolute atomic E-state index is 0.235. The molecule has 14 heavy (non-hydrogen) atoms. The van der Waals surface area contributed by atoms with Crippen molar-refractivity contribution in [1.29, 1.82) is 0 Å². The fraction of sp³-hybridized carbons (Fsp3) is 0.583. The maximum Gasteiger partial charge on any atom is 0.0300 e. The minimum Gasteiger partial charge on any atom is -0.327 e. The Labute approximate surface area is 86.5 Å². The van der Waals surface area contributed by atoms with E-state index in [0.717, 1.165) is 12.8 Å². The fourth-order valence-corrected chi connectivity index (χ4v) is 1.68. The van der Waals surface area contributed by atoms with Gasteiger partial charge in [0.15, 0.2) is 0 Å². The topological polar surface area (TPSA) is 38.9 Å². The standard InChI is InChI=1S/C12H20N2/c1-12(2,3)8-11(13)7-10-5-4-6-14-9-10/h4-6,9,11H,7-8,13H2,1-3H3. The van der Waals surface area contributed by atoms with Crippen LogP contribution in [0.3, 0.4) is 0 Å². The predicted molar refractivity (Wildman–Crippen MR) is 60.0 cm³/mol. The van der Waals surface area contributed by atoms with E-state index in [9.17, 15) is 0 Å². The zero-order chi connectivity index (χ0) is 10.6. The van der Waals surface area contributed by atoms with Gasteiger partial charge in [-0.25, -0.2) is 0 Å². The van der Waals surface area contributed by atoms with E-state index < -0.39 is 0 Å². The SMILES string of the molecule is CC(C)(C)CC(N)Cc1cccnc1. The van der Waals surface area contributed by atoms with Crippen molar-refractivity contribution in [3.8, 4) is 0 Å². The molecule has 2 nitrogen and oxygen atoms in total. The van der Waals surface area contributed by atoms with Gasteiger partial charge in [0.05, 0.1) is 0 Å². The molecule has 0 aliphatic carbocycles. The van der Waals surface area contributed by atoms with E-state index in [2.05, 4.69) is 31.8 Å². The first-order valence-corrected chi connectivity index (χ1v) is 5.12. The average molecular weight is 192 g/mol. The van der Waals surface area contributed by atoms with Gasteiger partial charge in [0.2, 0.25) is 0 Å². The summed E-state index contributed by atoms with van der Waals surface area (Å²) in [5.74, 6) is 0. The number of nitrogens with two attached hydrogens (primary N) is 1. The Balaban J connectivity index is 2.46. The molecule has 2 heteroatoms. The lowest BCUT2D eigenvalue weighted by Crippen LogP contribution is -2.28. The molecule has 78 valence electrons. The third kappa shape index (κ3) is 4.38. The average Bonchev–Trinajstić information content (AvgIpc) is 2.02. The molecule has 1 unspecified atom stereocenters. The number of aromatic nitrogens is 1. The van der Waals surface area contributed by atoms with Crippen molar-refractivity contribution in [2.75, 3.05) is 0 Å². The van der Waals surface area contributed by atoms with Crippen molar-refractivity contribution >= 4 is 0 Å². The van der Waals surface area contributed by atoms with Crippen LogP contribution in [0.5, 0.6) is 0 Å². The molecule has 2 N–H and O–H groups in total. The lowest BCUT2D eigenvalue weighted by atomic mass is 9.86. The van der Waals surface area contributed by atoms with E-state index >= 15 is 0 Å². The van der Waals surface area contributed by atoms with E-state index in [4.69, 9.17) is 5.73 Å². The minimum atomic E-state index is 0.235. The van der Waals surface area contributed by atoms with E-state index in [0.29, 0.717) is 5.41 Å². The van der Waals surface area contributed by atoms with Crippen LogP contribution in [0.2, 0.25) is 0 Å². The summed E-state index contributed by atoms with van der Waals surface area (Å²) in [6, 6.07) is 4.27. The molecule has 0 fully saturated rings. The highest BCUT2D eigenvalue weighted by Gasteiger charge is 2.15. The Morgan fingerprint density at radius 3 is 2.64 bits per heavy atom. The monoisotopic (exact) mass is 192 g/mol. The van der Waals surface area contributed by atoms with Crippen molar-refractivity contribution in [3.63, 3.8) is 0 Å². The lowest BCUT2D eigenvalue weighted by molar-refractivity contribution is 0.338. The summed E-state index contributed by atoms with van der Waals surface area (Å²) in [4.78, 5) is 4.08. The summed E-state index contributed by atoms with van der Waals surface area (Å²) < 4.78 is 0. The first-order valence-electron chi connectivity index (χ1n) is 5.12. The van der Waals surface area contributed by atoms with E-state index in [-0.39, 0.29) is 6.04 Å². The van der Waals surface area contributed by atoms with Gasteiger partial charge in [0.1, 0.15) is 0 Å². The molecular formula is C12H20N2. The summed E-state index contributed by atoms with van der Waals surface area (Å²) in [5.41, 5.74) is 7.60. The van der Waals surface area contributed by atoms with Crippen molar-refractivity contribution in [3.05, 3.63) is 30.1 Å². The van der Waals surface area contributed by atoms with Crippen LogP contribution in [0.15, 0.2) is 24.5 Å². The van der Waals surface area contributed by atoms with Crippen molar-refractivity contribution in [1.82, 2.24) is 4.98 Å². The third-order valence-corrected chi connectivity index (χ3v) is 2.10. The number of nitrogens with zero attached hydrogens (tertiary/aromatic N) is 1. The molecule has 1 heterocycles. The summed E-state index contributed by atoms with van der Waals surface area (Å²) in [5, 5.41) is 0. The zero-order valence-electron chi connectivity index (χ0n) is 9.33. The molecule has 0 saturated carbocycles. The molecule has 0 aliphatic rings. The fourth-order valence-electron chi connectivity index (χ4n) is 1.68. The van der Waals surface area contributed by atoms with Gasteiger partial charge in [-0.15, -0.1) is 0 Å². The highest BCUT2D eigenvalue weighted by Crippen LogP contribution is 2.21. The highest BCUT2D eigenvalue weighted by atomic mass is 14.6. The van der Waals surface area contributed by atoms with Gasteiger partial charge in [0, 0.05) is 18.4 Å². The summed E-state index contributed by atoms with van der Waals surface area (Å²) in [7, 11) is 0. The van der Waals surface area contributed by atoms with Crippen LogP contribution >= 0.6 is 0 Å². The highest BCUT2D eigenvalue weighted by molar-refractivity contribution is 5.10. The second-order valence-corrected chi connectivity index (χ2v) is 5.09. The van der Waals surface area contributed by atoms with E-state index in [1.807, 2.05) is 12.3 Å². The Bertz CT molecular complexity index is 261. The summed E-state index contributed by atoms with van der Waals surface area (Å²) in [6.07, 6.45) is 5.65. The zero-order valence-corrected chi connectivity index (χ0v) is 9.33. The first kappa shape index (κ1) is 11.2. The van der Waals surface area contributed by atoms with Gasteiger partial charge < -0.3 is 5.73 Å². The van der Waals surface area contributed by atoms with Crippen LogP contribution in [-0.4, -0.2) is 11.0 Å². The summed E-state index contributed by atoms with van der Waals surface area (Å²) in [6.45, 7) is 6.66. The first-order chi connectivity index (χ1) is 6.47. The van der Waals surface area contributed by atoms with Crippen molar-refractivity contribution in [2.45, 2.75) is 39.7 Å². The molecule has 0 amide bonds. The second kappa shape index (κ2) is 4.56. The number of hydrogen-bond acceptors (Lipinski definition) is 2. The van der Waals surface area contributed by atoms with Crippen LogP contribution in [-0.2, 0) is 6.42 Å². The maximum absolute atomic E-state index is 6.06. The Kier molecular flexibility index (Phi) is 3.64. The Morgan fingerprint density at radius 1 is 1.43 bits per heavy atom. The molecular weight excluding hydrogens is 172 g/mol. The molecule has 1 aromatic heterocycles. The van der Waals surface area contributed by atoms with E-state index in [1.165, 1.54) is 5.56 Å². The molecule has 0 bridgehead atoms. The summed E-state index contributed by atoms with van der Waals surface area (Å²) >= 11 is 0. The van der Waals surface area contributed by atoms with E-state index in [1.54, 1.807) is 6.20 Å².